The number of carbonyl (C=O) groups is 3. The molecule has 5 N–H and O–H groups in total. The zero-order chi connectivity index (χ0) is 14.1. The van der Waals surface area contributed by atoms with Crippen molar-refractivity contribution in [3.05, 3.63) is 0 Å². The van der Waals surface area contributed by atoms with E-state index in [4.69, 9.17) is 21.1 Å². The zero-order valence-electron chi connectivity index (χ0n) is 9.91. The molecule has 0 unspecified atom stereocenters. The van der Waals surface area contributed by atoms with Crippen LogP contribution < -0.4 is 5.73 Å². The van der Waals surface area contributed by atoms with Gasteiger partial charge in [-0.25, -0.2) is 0 Å². The van der Waals surface area contributed by atoms with Gasteiger partial charge in [0.25, 0.3) is 0 Å². The van der Waals surface area contributed by atoms with E-state index < -0.39 is 37.0 Å². The van der Waals surface area contributed by atoms with Gasteiger partial charge in [0.15, 0.2) is 0 Å². The van der Waals surface area contributed by atoms with Gasteiger partial charge in [0, 0.05) is 0 Å². The van der Waals surface area contributed by atoms with Crippen LogP contribution in [0.1, 0.15) is 19.3 Å². The number of nitrogens with two attached hydrogens (primary N) is 1. The molecule has 0 spiro atoms. The van der Waals surface area contributed by atoms with Gasteiger partial charge in [0.05, 0.1) is 13.1 Å². The molecule has 0 bridgehead atoms. The first kappa shape index (κ1) is 25.3. The molecule has 8 nitrogen and oxygen atoms in total. The predicted octanol–water partition coefficient (Wildman–Crippen LogP) is -2.26. The Morgan fingerprint density at radius 1 is 0.950 bits per heavy atom. The van der Waals surface area contributed by atoms with E-state index in [2.05, 4.69) is 0 Å². The van der Waals surface area contributed by atoms with E-state index in [0.717, 1.165) is 4.90 Å². The van der Waals surface area contributed by atoms with Crippen molar-refractivity contribution in [1.82, 2.24) is 4.90 Å². The van der Waals surface area contributed by atoms with Crippen LogP contribution in [0.2, 0.25) is 0 Å². The number of carboxylic acids is 3. The van der Waals surface area contributed by atoms with Crippen molar-refractivity contribution >= 4 is 77.0 Å². The fourth-order valence-corrected chi connectivity index (χ4v) is 1.57. The third-order valence-electron chi connectivity index (χ3n) is 2.33. The Morgan fingerprint density at radius 2 is 1.40 bits per heavy atom. The Morgan fingerprint density at radius 3 is 1.70 bits per heavy atom. The summed E-state index contributed by atoms with van der Waals surface area (Å²) >= 11 is 0. The second-order valence-electron chi connectivity index (χ2n) is 3.83. The number of unbranched alkanes of at least 4 members (excludes halogenated alkanes) is 1. The fourth-order valence-electron chi connectivity index (χ4n) is 1.57. The Bertz CT molecular complexity index is 300. The second kappa shape index (κ2) is 14.3. The molecular formula is C10H20N2Na2O6. The maximum atomic E-state index is 11.0. The Kier molecular flexibility index (Phi) is 18.1. The first-order valence-corrected chi connectivity index (χ1v) is 5.49. The maximum absolute atomic E-state index is 11.0. The molecule has 0 radical (unpaired) electrons. The number of carboxylic acid groups (broad SMARTS) is 3. The average Bonchev–Trinajstić information content (AvgIpc) is 2.21. The number of rotatable bonds is 10. The first-order chi connectivity index (χ1) is 8.38. The third kappa shape index (κ3) is 12.1. The second-order valence-corrected chi connectivity index (χ2v) is 3.83. The normalized spacial score (nSPS) is 11.1. The Hall–Kier alpha value is 0.330. The molecular weight excluding hydrogens is 290 g/mol. The van der Waals surface area contributed by atoms with Crippen LogP contribution >= 0.6 is 0 Å². The van der Waals surface area contributed by atoms with Crippen LogP contribution in [0, 0.1) is 0 Å². The number of nitrogens with zero attached hydrogens (tertiary/aromatic N) is 1. The molecule has 0 aliphatic rings. The standard InChI is InChI=1S/C10H18N2O6.2Na.2H/c11-4-2-1-3-7(10(17)18)12(5-8(13)14)6-9(15)16;;;;/h7H,1-6,11H2,(H,13,14)(H,15,16)(H,17,18);;;;/t7-;;;;/m0..../s1. The average molecular weight is 310 g/mol. The SMILES string of the molecule is NCCCC[C@@H](C(=O)O)N(CC(=O)O)CC(=O)O.[NaH].[NaH]. The Balaban J connectivity index is -0.00000144. The van der Waals surface area contributed by atoms with Crippen molar-refractivity contribution in [3.63, 3.8) is 0 Å². The van der Waals surface area contributed by atoms with Gasteiger partial charge in [-0.05, 0) is 19.4 Å². The van der Waals surface area contributed by atoms with Crippen LogP contribution in [0.4, 0.5) is 0 Å². The first-order valence-electron chi connectivity index (χ1n) is 5.49. The van der Waals surface area contributed by atoms with E-state index in [1.165, 1.54) is 0 Å². The molecule has 0 saturated carbocycles. The van der Waals surface area contributed by atoms with Crippen LogP contribution in [0.25, 0.3) is 0 Å². The van der Waals surface area contributed by atoms with Gasteiger partial charge in [-0.3, -0.25) is 19.3 Å². The summed E-state index contributed by atoms with van der Waals surface area (Å²) in [6, 6.07) is -1.12. The minimum absolute atomic E-state index is 0. The van der Waals surface area contributed by atoms with Crippen molar-refractivity contribution < 1.29 is 29.7 Å². The summed E-state index contributed by atoms with van der Waals surface area (Å²) < 4.78 is 0. The van der Waals surface area contributed by atoms with Crippen molar-refractivity contribution in [2.24, 2.45) is 5.73 Å². The van der Waals surface area contributed by atoms with Gasteiger partial charge in [0.2, 0.25) is 0 Å². The van der Waals surface area contributed by atoms with Crippen molar-refractivity contribution in [1.29, 1.82) is 0 Å². The van der Waals surface area contributed by atoms with E-state index in [1.807, 2.05) is 0 Å². The number of aliphatic carboxylic acids is 3. The molecule has 0 aliphatic carbocycles. The van der Waals surface area contributed by atoms with Crippen molar-refractivity contribution in [2.75, 3.05) is 19.6 Å². The van der Waals surface area contributed by atoms with Gasteiger partial charge in [-0.2, -0.15) is 0 Å². The summed E-state index contributed by atoms with van der Waals surface area (Å²) in [5.41, 5.74) is 5.28. The van der Waals surface area contributed by atoms with Gasteiger partial charge < -0.3 is 21.1 Å². The summed E-state index contributed by atoms with van der Waals surface area (Å²) in [7, 11) is 0. The summed E-state index contributed by atoms with van der Waals surface area (Å²) in [4.78, 5) is 33.2. The van der Waals surface area contributed by atoms with Gasteiger partial charge in [-0.1, -0.05) is 6.42 Å². The van der Waals surface area contributed by atoms with Crippen LogP contribution in [0.5, 0.6) is 0 Å². The number of hydrogen-bond acceptors (Lipinski definition) is 5. The third-order valence-corrected chi connectivity index (χ3v) is 2.33. The molecule has 0 aromatic heterocycles. The molecule has 0 heterocycles. The molecule has 10 heteroatoms. The summed E-state index contributed by atoms with van der Waals surface area (Å²) in [5, 5.41) is 26.3. The molecule has 0 saturated heterocycles. The molecule has 0 rings (SSSR count). The number of hydrogen-bond donors (Lipinski definition) is 4. The monoisotopic (exact) mass is 310 g/mol. The quantitative estimate of drug-likeness (QED) is 0.262. The topological polar surface area (TPSA) is 141 Å². The van der Waals surface area contributed by atoms with E-state index in [9.17, 15) is 14.4 Å². The summed E-state index contributed by atoms with van der Waals surface area (Å²) in [6.45, 7) is -0.831. The summed E-state index contributed by atoms with van der Waals surface area (Å²) in [6.07, 6.45) is 1.29. The van der Waals surface area contributed by atoms with Crippen LogP contribution in [-0.2, 0) is 14.4 Å². The fraction of sp³-hybridized carbons (Fsp3) is 0.700. The van der Waals surface area contributed by atoms with E-state index >= 15 is 0 Å². The molecule has 0 amide bonds. The van der Waals surface area contributed by atoms with Crippen molar-refractivity contribution in [2.45, 2.75) is 25.3 Å². The molecule has 20 heavy (non-hydrogen) atoms. The molecule has 1 atom stereocenters. The molecule has 0 aliphatic heterocycles. The molecule has 0 fully saturated rings. The van der Waals surface area contributed by atoms with Gasteiger partial charge >= 0.3 is 77.0 Å². The van der Waals surface area contributed by atoms with E-state index in [-0.39, 0.29) is 65.5 Å². The van der Waals surface area contributed by atoms with Gasteiger partial charge in [-0.15, -0.1) is 0 Å². The predicted molar refractivity (Wildman–Crippen MR) is 75.5 cm³/mol. The zero-order valence-corrected chi connectivity index (χ0v) is 9.91. The van der Waals surface area contributed by atoms with Crippen LogP contribution in [-0.4, -0.2) is 123 Å². The minimum atomic E-state index is -1.26. The van der Waals surface area contributed by atoms with Crippen LogP contribution in [0.15, 0.2) is 0 Å². The van der Waals surface area contributed by atoms with Crippen LogP contribution in [0.3, 0.4) is 0 Å². The molecule has 0 aromatic rings. The van der Waals surface area contributed by atoms with Crippen molar-refractivity contribution in [3.8, 4) is 0 Å². The van der Waals surface area contributed by atoms with E-state index in [0.29, 0.717) is 19.4 Å². The van der Waals surface area contributed by atoms with E-state index in [1.54, 1.807) is 0 Å². The molecule has 0 aromatic carbocycles. The Labute approximate surface area is 161 Å². The van der Waals surface area contributed by atoms with Gasteiger partial charge in [0.1, 0.15) is 6.04 Å². The summed E-state index contributed by atoms with van der Waals surface area (Å²) in [5.74, 6) is -3.75. The molecule has 108 valence electrons.